The van der Waals surface area contributed by atoms with Crippen LogP contribution in [0.2, 0.25) is 0 Å². The zero-order chi connectivity index (χ0) is 13.3. The minimum atomic E-state index is -0.266. The molecule has 0 atom stereocenters. The predicted molar refractivity (Wildman–Crippen MR) is 67.3 cm³/mol. The van der Waals surface area contributed by atoms with E-state index in [1.54, 1.807) is 14.0 Å². The third kappa shape index (κ3) is 2.22. The molecule has 0 radical (unpaired) electrons. The molecule has 2 rings (SSSR count). The Morgan fingerprint density at radius 3 is 2.67 bits per heavy atom. The lowest BCUT2D eigenvalue weighted by molar-refractivity contribution is 0.763. The Bertz CT molecular complexity index is 632. The van der Waals surface area contributed by atoms with Crippen LogP contribution in [0.3, 0.4) is 0 Å². The van der Waals surface area contributed by atoms with Gasteiger partial charge in [0.25, 0.3) is 0 Å². The molecule has 96 valence electrons. The molecule has 0 aromatic carbocycles. The van der Waals surface area contributed by atoms with Crippen LogP contribution in [0.1, 0.15) is 11.4 Å². The van der Waals surface area contributed by atoms with Crippen molar-refractivity contribution in [3.8, 4) is 0 Å². The number of H-pyrrole nitrogens is 1. The minimum absolute atomic E-state index is 0.266. The molecular weight excluding hydrogens is 254 g/mol. The summed E-state index contributed by atoms with van der Waals surface area (Å²) in [6.45, 7) is 3.62. The highest BCUT2D eigenvalue weighted by molar-refractivity contribution is 7.99. The molecule has 0 amide bonds. The summed E-state index contributed by atoms with van der Waals surface area (Å²) in [6.07, 6.45) is 0. The monoisotopic (exact) mass is 267 g/mol. The number of nitrogens with one attached hydrogen (secondary N) is 2. The SMILES string of the molecule is Cc1nc(NN)c(C)c(Sc2n[nH]c(=O)n2C)n1. The number of aromatic amines is 1. The second-order valence-corrected chi connectivity index (χ2v) is 4.62. The van der Waals surface area contributed by atoms with Gasteiger partial charge < -0.3 is 5.43 Å². The molecule has 0 unspecified atom stereocenters. The summed E-state index contributed by atoms with van der Waals surface area (Å²) in [5.74, 6) is 6.54. The minimum Gasteiger partial charge on any atom is -0.308 e. The molecule has 2 aromatic heterocycles. The molecule has 0 spiro atoms. The number of anilines is 1. The highest BCUT2D eigenvalue weighted by atomic mass is 32.2. The summed E-state index contributed by atoms with van der Waals surface area (Å²) in [4.78, 5) is 19.7. The summed E-state index contributed by atoms with van der Waals surface area (Å²) in [7, 11) is 1.64. The Hall–Kier alpha value is -1.87. The van der Waals surface area contributed by atoms with E-state index in [0.29, 0.717) is 21.8 Å². The lowest BCUT2D eigenvalue weighted by Crippen LogP contribution is -2.13. The highest BCUT2D eigenvalue weighted by Gasteiger charge is 2.13. The van der Waals surface area contributed by atoms with Gasteiger partial charge in [-0.2, -0.15) is 0 Å². The first kappa shape index (κ1) is 12.6. The van der Waals surface area contributed by atoms with Gasteiger partial charge in [0.15, 0.2) is 5.16 Å². The fourth-order valence-electron chi connectivity index (χ4n) is 1.35. The number of nitrogen functional groups attached to an aromatic ring is 1. The first-order valence-corrected chi connectivity index (χ1v) is 5.95. The van der Waals surface area contributed by atoms with Crippen molar-refractivity contribution >= 4 is 17.6 Å². The number of hydrogen-bond donors (Lipinski definition) is 3. The Morgan fingerprint density at radius 2 is 2.11 bits per heavy atom. The topological polar surface area (TPSA) is 115 Å². The average Bonchev–Trinajstić information content (AvgIpc) is 2.65. The number of hydrogen-bond acceptors (Lipinski definition) is 7. The van der Waals surface area contributed by atoms with Crippen LogP contribution in [0, 0.1) is 13.8 Å². The van der Waals surface area contributed by atoms with Crippen molar-refractivity contribution in [2.75, 3.05) is 5.43 Å². The maximum absolute atomic E-state index is 11.3. The van der Waals surface area contributed by atoms with E-state index in [4.69, 9.17) is 5.84 Å². The zero-order valence-corrected chi connectivity index (χ0v) is 11.0. The van der Waals surface area contributed by atoms with E-state index in [-0.39, 0.29) is 5.69 Å². The Balaban J connectivity index is 2.43. The number of aromatic nitrogens is 5. The van der Waals surface area contributed by atoms with Crippen molar-refractivity contribution in [2.24, 2.45) is 12.9 Å². The molecule has 0 saturated carbocycles. The smallest absolute Gasteiger partial charge is 0.308 e. The summed E-state index contributed by atoms with van der Waals surface area (Å²) in [6, 6.07) is 0. The normalized spacial score (nSPS) is 10.7. The van der Waals surface area contributed by atoms with Crippen molar-refractivity contribution in [1.29, 1.82) is 0 Å². The van der Waals surface area contributed by atoms with Crippen molar-refractivity contribution in [2.45, 2.75) is 24.0 Å². The molecule has 0 bridgehead atoms. The summed E-state index contributed by atoms with van der Waals surface area (Å²) < 4.78 is 1.41. The molecule has 0 aliphatic carbocycles. The van der Waals surface area contributed by atoms with Gasteiger partial charge >= 0.3 is 5.69 Å². The molecule has 18 heavy (non-hydrogen) atoms. The average molecular weight is 267 g/mol. The number of hydrazine groups is 1. The Kier molecular flexibility index (Phi) is 3.34. The van der Waals surface area contributed by atoms with Crippen molar-refractivity contribution in [3.05, 3.63) is 21.9 Å². The largest absolute Gasteiger partial charge is 0.343 e. The molecule has 0 aliphatic heterocycles. The van der Waals surface area contributed by atoms with Crippen molar-refractivity contribution in [1.82, 2.24) is 24.7 Å². The lowest BCUT2D eigenvalue weighted by Gasteiger charge is -2.09. The highest BCUT2D eigenvalue weighted by Crippen LogP contribution is 2.28. The van der Waals surface area contributed by atoms with E-state index in [1.165, 1.54) is 16.3 Å². The van der Waals surface area contributed by atoms with Gasteiger partial charge in [-0.1, -0.05) is 0 Å². The summed E-state index contributed by atoms with van der Waals surface area (Å²) in [5, 5.41) is 7.52. The molecule has 0 fully saturated rings. The molecular formula is C9H13N7OS. The standard InChI is InChI=1S/C9H13N7OS/c1-4-6(13-10)11-5(2)12-7(4)18-9-15-14-8(17)16(9)3/h10H2,1-3H3,(H,14,17)(H,11,12,13). The zero-order valence-electron chi connectivity index (χ0n) is 10.2. The Morgan fingerprint density at radius 1 is 1.39 bits per heavy atom. The van der Waals surface area contributed by atoms with Crippen LogP contribution in [0.25, 0.3) is 0 Å². The van der Waals surface area contributed by atoms with Crippen LogP contribution in [0.5, 0.6) is 0 Å². The fraction of sp³-hybridized carbons (Fsp3) is 0.333. The third-order valence-corrected chi connectivity index (χ3v) is 3.51. The predicted octanol–water partition coefficient (Wildman–Crippen LogP) is -0.0480. The van der Waals surface area contributed by atoms with E-state index < -0.39 is 0 Å². The molecule has 9 heteroatoms. The quantitative estimate of drug-likeness (QED) is 0.406. The van der Waals surface area contributed by atoms with E-state index >= 15 is 0 Å². The van der Waals surface area contributed by atoms with Gasteiger partial charge in [-0.25, -0.2) is 25.7 Å². The lowest BCUT2D eigenvalue weighted by atomic mass is 10.3. The van der Waals surface area contributed by atoms with Crippen LogP contribution < -0.4 is 17.0 Å². The number of nitrogens with zero attached hydrogens (tertiary/aromatic N) is 4. The fourth-order valence-corrected chi connectivity index (χ4v) is 2.26. The Labute approximate surface area is 107 Å². The molecule has 8 nitrogen and oxygen atoms in total. The summed E-state index contributed by atoms with van der Waals surface area (Å²) in [5.41, 5.74) is 3.06. The number of aryl methyl sites for hydroxylation is 1. The van der Waals surface area contributed by atoms with Gasteiger partial charge in [-0.05, 0) is 25.6 Å². The van der Waals surface area contributed by atoms with Gasteiger partial charge in [0, 0.05) is 12.6 Å². The third-order valence-electron chi connectivity index (χ3n) is 2.38. The van der Waals surface area contributed by atoms with E-state index in [0.717, 1.165) is 5.56 Å². The maximum Gasteiger partial charge on any atom is 0.343 e. The van der Waals surface area contributed by atoms with Crippen LogP contribution in [-0.4, -0.2) is 24.7 Å². The maximum atomic E-state index is 11.3. The van der Waals surface area contributed by atoms with Gasteiger partial charge in [0.1, 0.15) is 16.7 Å². The van der Waals surface area contributed by atoms with Crippen LogP contribution in [0.4, 0.5) is 5.82 Å². The first-order chi connectivity index (χ1) is 8.52. The van der Waals surface area contributed by atoms with Gasteiger partial charge in [-0.15, -0.1) is 5.10 Å². The van der Waals surface area contributed by atoms with Gasteiger partial charge in [0.2, 0.25) is 0 Å². The molecule has 2 heterocycles. The van der Waals surface area contributed by atoms with Crippen molar-refractivity contribution < 1.29 is 0 Å². The summed E-state index contributed by atoms with van der Waals surface area (Å²) >= 11 is 1.28. The van der Waals surface area contributed by atoms with Crippen molar-refractivity contribution in [3.63, 3.8) is 0 Å². The number of rotatable bonds is 3. The number of nitrogens with two attached hydrogens (primary N) is 1. The van der Waals surface area contributed by atoms with E-state index in [1.807, 2.05) is 6.92 Å². The molecule has 4 N–H and O–H groups in total. The van der Waals surface area contributed by atoms with Crippen LogP contribution in [-0.2, 0) is 7.05 Å². The second-order valence-electron chi connectivity index (χ2n) is 3.67. The second kappa shape index (κ2) is 4.78. The van der Waals surface area contributed by atoms with E-state index in [9.17, 15) is 4.79 Å². The van der Waals surface area contributed by atoms with Gasteiger partial charge in [0.05, 0.1) is 0 Å². The van der Waals surface area contributed by atoms with Gasteiger partial charge in [-0.3, -0.25) is 4.57 Å². The molecule has 2 aromatic rings. The first-order valence-electron chi connectivity index (χ1n) is 5.14. The molecule has 0 aliphatic rings. The van der Waals surface area contributed by atoms with Crippen LogP contribution in [0.15, 0.2) is 15.0 Å². The van der Waals surface area contributed by atoms with Crippen LogP contribution >= 0.6 is 11.8 Å². The molecule has 0 saturated heterocycles. The van der Waals surface area contributed by atoms with E-state index in [2.05, 4.69) is 25.6 Å².